The van der Waals surface area contributed by atoms with E-state index in [9.17, 15) is 0 Å². The molecule has 3 rings (SSSR count). The highest BCUT2D eigenvalue weighted by Crippen LogP contribution is 2.30. The van der Waals surface area contributed by atoms with Crippen LogP contribution in [0.5, 0.6) is 0 Å². The summed E-state index contributed by atoms with van der Waals surface area (Å²) in [5.74, 6) is 0.792. The van der Waals surface area contributed by atoms with E-state index in [1.165, 1.54) is 43.2 Å². The van der Waals surface area contributed by atoms with E-state index in [2.05, 4.69) is 52.3 Å². The Labute approximate surface area is 123 Å². The molecule has 0 amide bonds. The van der Waals surface area contributed by atoms with Gasteiger partial charge >= 0.3 is 0 Å². The average Bonchev–Trinajstić information content (AvgIpc) is 2.63. The standard InChI is InChI=1S/C17H20BrN/c18-15-7-3-1-5-13(11-15)12-16-10-9-14-6-2-4-8-17(14)19-16/h2,4,6,8-10,13,15H,1,3,5,7,11-12H2. The first-order chi connectivity index (χ1) is 9.31. The molecule has 2 unspecified atom stereocenters. The van der Waals surface area contributed by atoms with Gasteiger partial charge in [0, 0.05) is 15.9 Å². The quantitative estimate of drug-likeness (QED) is 0.553. The third-order valence-electron chi connectivity index (χ3n) is 4.12. The number of para-hydroxylation sites is 1. The number of nitrogens with zero attached hydrogens (tertiary/aromatic N) is 1. The summed E-state index contributed by atoms with van der Waals surface area (Å²) in [6, 6.07) is 12.8. The van der Waals surface area contributed by atoms with Gasteiger partial charge in [-0.15, -0.1) is 0 Å². The smallest absolute Gasteiger partial charge is 0.0705 e. The molecule has 1 fully saturated rings. The van der Waals surface area contributed by atoms with Gasteiger partial charge in [0.25, 0.3) is 0 Å². The summed E-state index contributed by atoms with van der Waals surface area (Å²) in [6.07, 6.45) is 7.87. The highest BCUT2D eigenvalue weighted by atomic mass is 79.9. The molecule has 100 valence electrons. The molecule has 0 spiro atoms. The Morgan fingerprint density at radius 1 is 1.05 bits per heavy atom. The monoisotopic (exact) mass is 317 g/mol. The van der Waals surface area contributed by atoms with Crippen molar-refractivity contribution in [2.24, 2.45) is 5.92 Å². The molecule has 0 radical (unpaired) electrons. The Morgan fingerprint density at radius 2 is 1.89 bits per heavy atom. The van der Waals surface area contributed by atoms with Crippen LogP contribution in [0.3, 0.4) is 0 Å². The van der Waals surface area contributed by atoms with Crippen LogP contribution in [0.2, 0.25) is 0 Å². The number of alkyl halides is 1. The number of halogens is 1. The van der Waals surface area contributed by atoms with Gasteiger partial charge in [-0.05, 0) is 37.3 Å². The topological polar surface area (TPSA) is 12.9 Å². The SMILES string of the molecule is BrC1CCCCC(Cc2ccc3ccccc3n2)C1. The maximum absolute atomic E-state index is 4.81. The summed E-state index contributed by atoms with van der Waals surface area (Å²) < 4.78 is 0. The number of aromatic nitrogens is 1. The predicted molar refractivity (Wildman–Crippen MR) is 84.7 cm³/mol. The molecular formula is C17H20BrN. The minimum Gasteiger partial charge on any atom is -0.253 e. The second-order valence-corrected chi connectivity index (χ2v) is 6.98. The molecular weight excluding hydrogens is 298 g/mol. The van der Waals surface area contributed by atoms with Crippen molar-refractivity contribution < 1.29 is 0 Å². The van der Waals surface area contributed by atoms with E-state index < -0.39 is 0 Å². The summed E-state index contributed by atoms with van der Waals surface area (Å²) >= 11 is 3.81. The molecule has 2 aromatic rings. The van der Waals surface area contributed by atoms with E-state index in [4.69, 9.17) is 4.98 Å². The van der Waals surface area contributed by atoms with Crippen molar-refractivity contribution in [2.45, 2.75) is 43.4 Å². The van der Waals surface area contributed by atoms with Crippen LogP contribution in [0.15, 0.2) is 36.4 Å². The molecule has 2 heteroatoms. The Hall–Kier alpha value is -0.890. The Balaban J connectivity index is 1.76. The fraction of sp³-hybridized carbons (Fsp3) is 0.471. The minimum absolute atomic E-state index is 0.709. The third kappa shape index (κ3) is 3.36. The van der Waals surface area contributed by atoms with Gasteiger partial charge in [-0.2, -0.15) is 0 Å². The van der Waals surface area contributed by atoms with E-state index in [-0.39, 0.29) is 0 Å². The van der Waals surface area contributed by atoms with Crippen molar-refractivity contribution in [3.05, 3.63) is 42.1 Å². The molecule has 1 aromatic carbocycles. The second kappa shape index (κ2) is 6.04. The van der Waals surface area contributed by atoms with E-state index >= 15 is 0 Å². The lowest BCUT2D eigenvalue weighted by Crippen LogP contribution is -2.09. The molecule has 0 bridgehead atoms. The van der Waals surface area contributed by atoms with Crippen molar-refractivity contribution in [1.82, 2.24) is 4.98 Å². The average molecular weight is 318 g/mol. The zero-order valence-electron chi connectivity index (χ0n) is 11.2. The lowest BCUT2D eigenvalue weighted by molar-refractivity contribution is 0.459. The lowest BCUT2D eigenvalue weighted by atomic mass is 9.94. The Bertz CT molecular complexity index is 552. The summed E-state index contributed by atoms with van der Waals surface area (Å²) in [6.45, 7) is 0. The highest BCUT2D eigenvalue weighted by Gasteiger charge is 2.19. The van der Waals surface area contributed by atoms with Crippen LogP contribution in [0.1, 0.15) is 37.8 Å². The summed E-state index contributed by atoms with van der Waals surface area (Å²) in [5, 5.41) is 1.24. The van der Waals surface area contributed by atoms with Crippen molar-refractivity contribution in [2.75, 3.05) is 0 Å². The van der Waals surface area contributed by atoms with Crippen molar-refractivity contribution >= 4 is 26.8 Å². The Kier molecular flexibility index (Phi) is 4.17. The molecule has 1 saturated carbocycles. The number of hydrogen-bond acceptors (Lipinski definition) is 1. The normalized spacial score (nSPS) is 24.3. The molecule has 0 saturated heterocycles. The summed E-state index contributed by atoms with van der Waals surface area (Å²) in [5.41, 5.74) is 2.38. The van der Waals surface area contributed by atoms with Crippen molar-refractivity contribution in [3.8, 4) is 0 Å². The molecule has 1 nitrogen and oxygen atoms in total. The maximum Gasteiger partial charge on any atom is 0.0705 e. The van der Waals surface area contributed by atoms with E-state index in [1.807, 2.05) is 0 Å². The third-order valence-corrected chi connectivity index (χ3v) is 4.95. The zero-order valence-corrected chi connectivity index (χ0v) is 12.8. The number of rotatable bonds is 2. The Morgan fingerprint density at radius 3 is 2.84 bits per heavy atom. The van der Waals surface area contributed by atoms with Gasteiger partial charge in [-0.3, -0.25) is 4.98 Å². The second-order valence-electron chi connectivity index (χ2n) is 5.68. The molecule has 1 heterocycles. The first kappa shape index (κ1) is 13.1. The van der Waals surface area contributed by atoms with Crippen LogP contribution in [0.4, 0.5) is 0 Å². The van der Waals surface area contributed by atoms with Crippen LogP contribution < -0.4 is 0 Å². The molecule has 2 atom stereocenters. The maximum atomic E-state index is 4.81. The van der Waals surface area contributed by atoms with Crippen LogP contribution >= 0.6 is 15.9 Å². The number of pyridine rings is 1. The molecule has 1 aromatic heterocycles. The van der Waals surface area contributed by atoms with Gasteiger partial charge in [-0.25, -0.2) is 0 Å². The largest absolute Gasteiger partial charge is 0.253 e. The lowest BCUT2D eigenvalue weighted by Gasteiger charge is -2.15. The number of hydrogen-bond donors (Lipinski definition) is 0. The predicted octanol–water partition coefficient (Wildman–Crippen LogP) is 5.12. The molecule has 1 aliphatic carbocycles. The zero-order chi connectivity index (χ0) is 13.1. The van der Waals surface area contributed by atoms with Crippen LogP contribution in [-0.4, -0.2) is 9.81 Å². The van der Waals surface area contributed by atoms with E-state index in [1.54, 1.807) is 0 Å². The van der Waals surface area contributed by atoms with Gasteiger partial charge in [0.2, 0.25) is 0 Å². The van der Waals surface area contributed by atoms with Crippen LogP contribution in [-0.2, 0) is 6.42 Å². The highest BCUT2D eigenvalue weighted by molar-refractivity contribution is 9.09. The van der Waals surface area contributed by atoms with Crippen molar-refractivity contribution in [1.29, 1.82) is 0 Å². The molecule has 19 heavy (non-hydrogen) atoms. The molecule has 0 aliphatic heterocycles. The summed E-state index contributed by atoms with van der Waals surface area (Å²) in [4.78, 5) is 5.52. The fourth-order valence-electron chi connectivity index (χ4n) is 3.10. The number of benzene rings is 1. The van der Waals surface area contributed by atoms with Crippen molar-refractivity contribution in [3.63, 3.8) is 0 Å². The van der Waals surface area contributed by atoms with Gasteiger partial charge in [0.15, 0.2) is 0 Å². The first-order valence-electron chi connectivity index (χ1n) is 7.30. The first-order valence-corrected chi connectivity index (χ1v) is 8.21. The molecule has 0 N–H and O–H groups in total. The van der Waals surface area contributed by atoms with Gasteiger partial charge < -0.3 is 0 Å². The van der Waals surface area contributed by atoms with Gasteiger partial charge in [0.05, 0.1) is 5.52 Å². The van der Waals surface area contributed by atoms with Crippen LogP contribution in [0.25, 0.3) is 10.9 Å². The van der Waals surface area contributed by atoms with Gasteiger partial charge in [-0.1, -0.05) is 59.5 Å². The van der Waals surface area contributed by atoms with Crippen LogP contribution in [0, 0.1) is 5.92 Å². The molecule has 1 aliphatic rings. The van der Waals surface area contributed by atoms with E-state index in [0.717, 1.165) is 17.9 Å². The summed E-state index contributed by atoms with van der Waals surface area (Å²) in [7, 11) is 0. The minimum atomic E-state index is 0.709. The van der Waals surface area contributed by atoms with E-state index in [0.29, 0.717) is 4.83 Å². The number of fused-ring (bicyclic) bond motifs is 1. The fourth-order valence-corrected chi connectivity index (χ4v) is 3.95. The van der Waals surface area contributed by atoms with Gasteiger partial charge in [0.1, 0.15) is 0 Å².